The molecule has 3 aliphatic carbocycles. The minimum absolute atomic E-state index is 0.0752. The first-order valence-electron chi connectivity index (χ1n) is 6.08. The fourth-order valence-electron chi connectivity index (χ4n) is 3.05. The highest BCUT2D eigenvalue weighted by Crippen LogP contribution is 2.58. The third-order valence-electron chi connectivity index (χ3n) is 3.74. The van der Waals surface area contributed by atoms with Crippen LogP contribution < -0.4 is 15.8 Å². The van der Waals surface area contributed by atoms with Crippen molar-refractivity contribution in [1.82, 2.24) is 5.32 Å². The van der Waals surface area contributed by atoms with Crippen molar-refractivity contribution in [3.05, 3.63) is 29.8 Å². The summed E-state index contributed by atoms with van der Waals surface area (Å²) in [7, 11) is 0. The van der Waals surface area contributed by atoms with Crippen LogP contribution in [0, 0.1) is 11.6 Å². The number of halogens is 2. The SMILES string of the molecule is NC12CC(NC(=O)COc3ccc(F)c(F)c3)(C1)C2. The second kappa shape index (κ2) is 3.90. The molecule has 19 heavy (non-hydrogen) atoms. The Morgan fingerprint density at radius 1 is 1.32 bits per heavy atom. The van der Waals surface area contributed by atoms with Crippen molar-refractivity contribution in [3.8, 4) is 5.75 Å². The Hall–Kier alpha value is -1.69. The second-order valence-electron chi connectivity index (χ2n) is 5.59. The van der Waals surface area contributed by atoms with Crippen molar-refractivity contribution in [3.63, 3.8) is 0 Å². The number of nitrogens with one attached hydrogen (secondary N) is 1. The minimum Gasteiger partial charge on any atom is -0.484 e. The highest BCUT2D eigenvalue weighted by atomic mass is 19.2. The van der Waals surface area contributed by atoms with Crippen LogP contribution in [0.3, 0.4) is 0 Å². The van der Waals surface area contributed by atoms with E-state index in [-0.39, 0.29) is 29.3 Å². The molecule has 0 aromatic heterocycles. The van der Waals surface area contributed by atoms with Crippen molar-refractivity contribution in [1.29, 1.82) is 0 Å². The van der Waals surface area contributed by atoms with E-state index in [2.05, 4.69) is 5.32 Å². The molecule has 3 saturated carbocycles. The van der Waals surface area contributed by atoms with Crippen LogP contribution in [0.4, 0.5) is 8.78 Å². The first-order valence-corrected chi connectivity index (χ1v) is 6.08. The van der Waals surface area contributed by atoms with Gasteiger partial charge in [-0.25, -0.2) is 8.78 Å². The number of carbonyl (C=O) groups is 1. The fourth-order valence-corrected chi connectivity index (χ4v) is 3.05. The summed E-state index contributed by atoms with van der Waals surface area (Å²) in [6, 6.07) is 3.15. The van der Waals surface area contributed by atoms with E-state index in [0.717, 1.165) is 31.4 Å². The molecular formula is C13H14F2N2O2. The maximum Gasteiger partial charge on any atom is 0.258 e. The molecule has 0 atom stereocenters. The van der Waals surface area contributed by atoms with E-state index in [1.54, 1.807) is 0 Å². The van der Waals surface area contributed by atoms with E-state index < -0.39 is 11.6 Å². The van der Waals surface area contributed by atoms with Crippen molar-refractivity contribution in [2.45, 2.75) is 30.3 Å². The summed E-state index contributed by atoms with van der Waals surface area (Å²) < 4.78 is 30.7. The molecule has 2 bridgehead atoms. The second-order valence-corrected chi connectivity index (χ2v) is 5.59. The molecular weight excluding hydrogens is 254 g/mol. The molecule has 3 N–H and O–H groups in total. The lowest BCUT2D eigenvalue weighted by Crippen LogP contribution is -2.82. The van der Waals surface area contributed by atoms with Gasteiger partial charge in [0, 0.05) is 17.1 Å². The number of benzene rings is 1. The summed E-state index contributed by atoms with van der Waals surface area (Å²) in [6.45, 7) is -0.218. The van der Waals surface area contributed by atoms with Gasteiger partial charge >= 0.3 is 0 Å². The number of ether oxygens (including phenoxy) is 1. The Balaban J connectivity index is 1.49. The predicted molar refractivity (Wildman–Crippen MR) is 63.5 cm³/mol. The van der Waals surface area contributed by atoms with Gasteiger partial charge in [0.25, 0.3) is 5.91 Å². The number of hydrogen-bond acceptors (Lipinski definition) is 3. The highest BCUT2D eigenvalue weighted by Gasteiger charge is 2.66. The molecule has 4 rings (SSSR count). The average Bonchev–Trinajstić information content (AvgIpc) is 2.27. The molecule has 0 spiro atoms. The lowest BCUT2D eigenvalue weighted by Gasteiger charge is -2.68. The molecule has 1 aromatic carbocycles. The Kier molecular flexibility index (Phi) is 2.53. The topological polar surface area (TPSA) is 64.3 Å². The summed E-state index contributed by atoms with van der Waals surface area (Å²) in [4.78, 5) is 11.7. The highest BCUT2D eigenvalue weighted by molar-refractivity contribution is 5.79. The molecule has 1 amide bonds. The average molecular weight is 268 g/mol. The van der Waals surface area contributed by atoms with E-state index >= 15 is 0 Å². The van der Waals surface area contributed by atoms with E-state index in [4.69, 9.17) is 10.5 Å². The third kappa shape index (κ3) is 2.16. The predicted octanol–water partition coefficient (Wildman–Crippen LogP) is 1.09. The molecule has 0 radical (unpaired) electrons. The van der Waals surface area contributed by atoms with Crippen LogP contribution in [0.15, 0.2) is 18.2 Å². The van der Waals surface area contributed by atoms with Gasteiger partial charge in [-0.05, 0) is 31.4 Å². The zero-order valence-electron chi connectivity index (χ0n) is 10.2. The molecule has 3 fully saturated rings. The Morgan fingerprint density at radius 2 is 2.00 bits per heavy atom. The molecule has 1 aromatic rings. The van der Waals surface area contributed by atoms with Crippen molar-refractivity contribution < 1.29 is 18.3 Å². The summed E-state index contributed by atoms with van der Waals surface area (Å²) in [5.74, 6) is -2.09. The van der Waals surface area contributed by atoms with E-state index in [9.17, 15) is 13.6 Å². The summed E-state index contributed by atoms with van der Waals surface area (Å²) >= 11 is 0. The van der Waals surface area contributed by atoms with E-state index in [1.807, 2.05) is 0 Å². The Labute approximate surface area is 108 Å². The van der Waals surface area contributed by atoms with Gasteiger partial charge in [0.05, 0.1) is 0 Å². The molecule has 0 saturated heterocycles. The number of carbonyl (C=O) groups excluding carboxylic acids is 1. The van der Waals surface area contributed by atoms with Crippen LogP contribution in [0.5, 0.6) is 5.75 Å². The Bertz CT molecular complexity index is 528. The number of nitrogens with two attached hydrogens (primary N) is 1. The van der Waals surface area contributed by atoms with Crippen LogP contribution >= 0.6 is 0 Å². The normalized spacial score (nSPS) is 31.1. The lowest BCUT2D eigenvalue weighted by molar-refractivity contribution is -0.137. The van der Waals surface area contributed by atoms with Gasteiger partial charge in [-0.1, -0.05) is 0 Å². The van der Waals surface area contributed by atoms with Crippen molar-refractivity contribution in [2.24, 2.45) is 5.73 Å². The van der Waals surface area contributed by atoms with Crippen LogP contribution in [0.1, 0.15) is 19.3 Å². The van der Waals surface area contributed by atoms with Gasteiger partial charge in [0.15, 0.2) is 18.2 Å². The van der Waals surface area contributed by atoms with Gasteiger partial charge in [0.1, 0.15) is 5.75 Å². The molecule has 0 aliphatic heterocycles. The third-order valence-corrected chi connectivity index (χ3v) is 3.74. The van der Waals surface area contributed by atoms with Crippen LogP contribution in [-0.4, -0.2) is 23.6 Å². The molecule has 0 unspecified atom stereocenters. The lowest BCUT2D eigenvalue weighted by atomic mass is 9.44. The van der Waals surface area contributed by atoms with Gasteiger partial charge in [0.2, 0.25) is 0 Å². The first-order chi connectivity index (χ1) is 8.90. The summed E-state index contributed by atoms with van der Waals surface area (Å²) in [6.07, 6.45) is 2.41. The van der Waals surface area contributed by atoms with Crippen LogP contribution in [-0.2, 0) is 4.79 Å². The van der Waals surface area contributed by atoms with Crippen LogP contribution in [0.2, 0.25) is 0 Å². The first kappa shape index (κ1) is 12.3. The summed E-state index contributed by atoms with van der Waals surface area (Å²) in [5.41, 5.74) is 5.66. The van der Waals surface area contributed by atoms with Crippen molar-refractivity contribution in [2.75, 3.05) is 6.61 Å². The van der Waals surface area contributed by atoms with Gasteiger partial charge < -0.3 is 15.8 Å². The van der Waals surface area contributed by atoms with Gasteiger partial charge in [-0.3, -0.25) is 4.79 Å². The number of hydrogen-bond donors (Lipinski definition) is 2. The van der Waals surface area contributed by atoms with Crippen molar-refractivity contribution >= 4 is 5.91 Å². The largest absolute Gasteiger partial charge is 0.484 e. The molecule has 6 heteroatoms. The molecule has 102 valence electrons. The Morgan fingerprint density at radius 3 is 2.58 bits per heavy atom. The zero-order valence-corrected chi connectivity index (χ0v) is 10.2. The van der Waals surface area contributed by atoms with E-state index in [1.165, 1.54) is 6.07 Å². The van der Waals surface area contributed by atoms with E-state index in [0.29, 0.717) is 0 Å². The van der Waals surface area contributed by atoms with Gasteiger partial charge in [-0.2, -0.15) is 0 Å². The molecule has 4 nitrogen and oxygen atoms in total. The van der Waals surface area contributed by atoms with Crippen LogP contribution in [0.25, 0.3) is 0 Å². The fraction of sp³-hybridized carbons (Fsp3) is 0.462. The zero-order chi connectivity index (χ0) is 13.7. The quantitative estimate of drug-likeness (QED) is 0.859. The number of amides is 1. The van der Waals surface area contributed by atoms with Gasteiger partial charge in [-0.15, -0.1) is 0 Å². The molecule has 0 heterocycles. The maximum atomic E-state index is 12.9. The minimum atomic E-state index is -0.998. The monoisotopic (exact) mass is 268 g/mol. The standard InChI is InChI=1S/C13H14F2N2O2/c14-9-2-1-8(3-10(9)15)19-4-11(18)17-13-5-12(16,6-13)7-13/h1-3H,4-7,16H2,(H,17,18). The maximum absolute atomic E-state index is 12.9. The smallest absolute Gasteiger partial charge is 0.258 e. The summed E-state index contributed by atoms with van der Waals surface area (Å²) in [5, 5.41) is 2.87. The number of rotatable bonds is 4. The molecule has 3 aliphatic rings.